The first-order valence-corrected chi connectivity index (χ1v) is 10.7. The molecule has 0 saturated carbocycles. The molecule has 34 heavy (non-hydrogen) atoms. The van der Waals surface area contributed by atoms with E-state index in [0.29, 0.717) is 53.9 Å². The summed E-state index contributed by atoms with van der Waals surface area (Å²) in [5, 5.41) is 2.77. The van der Waals surface area contributed by atoms with E-state index in [9.17, 15) is 9.59 Å². The summed E-state index contributed by atoms with van der Waals surface area (Å²) in [6.07, 6.45) is 3.65. The SMILES string of the molecule is COc1cnc2cccc(/C=C/C(=O)NC[C@@H]3CN(c4ccc5c(c4)OCCO5)C(=O)O3)c2n1. The number of hydrogen-bond donors (Lipinski definition) is 1. The standard InChI is InChI=1S/C24H22N4O6/c1-31-22-13-25-18-4-2-3-15(23(18)27-22)5-8-21(29)26-12-17-14-28(24(30)34-17)16-6-7-19-20(11-16)33-10-9-32-19/h2-8,11,13,17H,9-10,12,14H2,1H3,(H,26,29)/b8-5+/t17-/m1/s1. The van der Waals surface area contributed by atoms with Crippen molar-refractivity contribution >= 4 is 34.8 Å². The van der Waals surface area contributed by atoms with E-state index in [1.54, 1.807) is 30.5 Å². The third-order valence-electron chi connectivity index (χ3n) is 5.42. The van der Waals surface area contributed by atoms with E-state index in [0.717, 1.165) is 5.56 Å². The van der Waals surface area contributed by atoms with Crippen molar-refractivity contribution in [3.8, 4) is 17.4 Å². The first-order chi connectivity index (χ1) is 16.6. The number of aromatic nitrogens is 2. The fourth-order valence-corrected chi connectivity index (χ4v) is 3.75. The van der Waals surface area contributed by atoms with Gasteiger partial charge in [0.25, 0.3) is 0 Å². The van der Waals surface area contributed by atoms with Crippen LogP contribution in [0.4, 0.5) is 10.5 Å². The minimum Gasteiger partial charge on any atom is -0.486 e. The van der Waals surface area contributed by atoms with E-state index in [1.165, 1.54) is 18.1 Å². The van der Waals surface area contributed by atoms with Gasteiger partial charge < -0.3 is 24.3 Å². The Labute approximate surface area is 195 Å². The van der Waals surface area contributed by atoms with E-state index in [1.807, 2.05) is 18.2 Å². The number of fused-ring (bicyclic) bond motifs is 2. The molecule has 10 nitrogen and oxygen atoms in total. The largest absolute Gasteiger partial charge is 0.486 e. The number of hydrogen-bond acceptors (Lipinski definition) is 8. The van der Waals surface area contributed by atoms with Gasteiger partial charge in [-0.3, -0.25) is 9.69 Å². The van der Waals surface area contributed by atoms with Gasteiger partial charge in [-0.15, -0.1) is 0 Å². The first kappa shape index (κ1) is 21.5. The molecule has 3 aromatic rings. The fraction of sp³-hybridized carbons (Fsp3) is 0.250. The van der Waals surface area contributed by atoms with Crippen LogP contribution in [0.1, 0.15) is 5.56 Å². The van der Waals surface area contributed by atoms with E-state index in [4.69, 9.17) is 18.9 Å². The summed E-state index contributed by atoms with van der Waals surface area (Å²) >= 11 is 0. The van der Waals surface area contributed by atoms with Crippen molar-refractivity contribution in [2.45, 2.75) is 6.10 Å². The van der Waals surface area contributed by atoms with Crippen LogP contribution in [-0.2, 0) is 9.53 Å². The van der Waals surface area contributed by atoms with E-state index in [-0.39, 0.29) is 12.5 Å². The number of amides is 2. The molecule has 1 fully saturated rings. The minimum absolute atomic E-state index is 0.180. The number of carbonyl (C=O) groups excluding carboxylic acids is 2. The topological polar surface area (TPSA) is 112 Å². The van der Waals surface area contributed by atoms with Crippen LogP contribution in [-0.4, -0.2) is 61.5 Å². The Bertz CT molecular complexity index is 1280. The van der Waals surface area contributed by atoms with Crippen LogP contribution in [0.2, 0.25) is 0 Å². The van der Waals surface area contributed by atoms with Gasteiger partial charge in [0.1, 0.15) is 19.3 Å². The van der Waals surface area contributed by atoms with Crippen LogP contribution in [0.15, 0.2) is 48.7 Å². The number of anilines is 1. The Morgan fingerprint density at radius 1 is 1.24 bits per heavy atom. The number of nitrogens with one attached hydrogen (secondary N) is 1. The fourth-order valence-electron chi connectivity index (χ4n) is 3.75. The second kappa shape index (κ2) is 9.26. The quantitative estimate of drug-likeness (QED) is 0.557. The lowest BCUT2D eigenvalue weighted by atomic mass is 10.1. The average molecular weight is 462 g/mol. The molecule has 0 spiro atoms. The van der Waals surface area contributed by atoms with Crippen LogP contribution in [0, 0.1) is 0 Å². The van der Waals surface area contributed by atoms with Crippen molar-refractivity contribution in [3.63, 3.8) is 0 Å². The Balaban J connectivity index is 1.20. The maximum absolute atomic E-state index is 12.4. The smallest absolute Gasteiger partial charge is 0.414 e. The number of para-hydroxylation sites is 1. The molecule has 2 aliphatic heterocycles. The molecule has 0 unspecified atom stereocenters. The third-order valence-corrected chi connectivity index (χ3v) is 5.42. The maximum atomic E-state index is 12.4. The molecule has 0 bridgehead atoms. The first-order valence-electron chi connectivity index (χ1n) is 10.7. The molecule has 1 N–H and O–H groups in total. The Kier molecular flexibility index (Phi) is 5.86. The zero-order chi connectivity index (χ0) is 23.5. The van der Waals surface area contributed by atoms with Crippen molar-refractivity contribution in [2.24, 2.45) is 0 Å². The van der Waals surface area contributed by atoms with Crippen LogP contribution in [0.5, 0.6) is 17.4 Å². The summed E-state index contributed by atoms with van der Waals surface area (Å²) < 4.78 is 21.7. The Hall–Kier alpha value is -4.34. The molecule has 2 amide bonds. The molecule has 1 atom stereocenters. The molecule has 0 aliphatic carbocycles. The molecule has 2 aliphatic rings. The summed E-state index contributed by atoms with van der Waals surface area (Å²) in [4.78, 5) is 35.0. The van der Waals surface area contributed by atoms with Crippen LogP contribution in [0.3, 0.4) is 0 Å². The average Bonchev–Trinajstić information content (AvgIpc) is 3.25. The number of nitrogens with zero attached hydrogens (tertiary/aromatic N) is 3. The zero-order valence-corrected chi connectivity index (χ0v) is 18.4. The minimum atomic E-state index is -0.481. The predicted molar refractivity (Wildman–Crippen MR) is 123 cm³/mol. The summed E-state index contributed by atoms with van der Waals surface area (Å²) in [6.45, 7) is 1.44. The van der Waals surface area contributed by atoms with Gasteiger partial charge in [0.05, 0.1) is 43.1 Å². The molecule has 1 saturated heterocycles. The molecule has 0 radical (unpaired) electrons. The lowest BCUT2D eigenvalue weighted by molar-refractivity contribution is -0.116. The maximum Gasteiger partial charge on any atom is 0.414 e. The van der Waals surface area contributed by atoms with Crippen molar-refractivity contribution in [2.75, 3.05) is 38.3 Å². The lowest BCUT2D eigenvalue weighted by Crippen LogP contribution is -2.33. The second-order valence-corrected chi connectivity index (χ2v) is 7.65. The highest BCUT2D eigenvalue weighted by Gasteiger charge is 2.33. The molecule has 3 heterocycles. The molecular formula is C24H22N4O6. The van der Waals surface area contributed by atoms with Crippen molar-refractivity contribution in [1.82, 2.24) is 15.3 Å². The van der Waals surface area contributed by atoms with E-state index in [2.05, 4.69) is 15.3 Å². The number of ether oxygens (including phenoxy) is 4. The predicted octanol–water partition coefficient (Wildman–Crippen LogP) is 2.56. The van der Waals surface area contributed by atoms with Gasteiger partial charge in [0.2, 0.25) is 11.8 Å². The third kappa shape index (κ3) is 4.42. The summed E-state index contributed by atoms with van der Waals surface area (Å²) in [5.74, 6) is 1.31. The van der Waals surface area contributed by atoms with E-state index < -0.39 is 12.2 Å². The normalized spacial score (nSPS) is 17.1. The lowest BCUT2D eigenvalue weighted by Gasteiger charge is -2.21. The highest BCUT2D eigenvalue weighted by atomic mass is 16.6. The highest BCUT2D eigenvalue weighted by Crippen LogP contribution is 2.35. The molecule has 5 rings (SSSR count). The van der Waals surface area contributed by atoms with Gasteiger partial charge in [-0.2, -0.15) is 0 Å². The van der Waals surface area contributed by atoms with Gasteiger partial charge in [0, 0.05) is 17.7 Å². The molecular weight excluding hydrogens is 440 g/mol. The number of carbonyl (C=O) groups is 2. The van der Waals surface area contributed by atoms with E-state index >= 15 is 0 Å². The van der Waals surface area contributed by atoms with Gasteiger partial charge in [-0.05, 0) is 24.3 Å². The van der Waals surface area contributed by atoms with Crippen LogP contribution < -0.4 is 24.4 Å². The molecule has 1 aromatic heterocycles. The molecule has 2 aromatic carbocycles. The molecule has 10 heteroatoms. The van der Waals surface area contributed by atoms with Crippen molar-refractivity contribution in [3.05, 3.63) is 54.2 Å². The number of rotatable bonds is 6. The number of cyclic esters (lactones) is 1. The van der Waals surface area contributed by atoms with Gasteiger partial charge in [-0.1, -0.05) is 12.1 Å². The number of benzene rings is 2. The Morgan fingerprint density at radius 3 is 2.94 bits per heavy atom. The summed E-state index contributed by atoms with van der Waals surface area (Å²) in [6, 6.07) is 10.8. The van der Waals surface area contributed by atoms with Gasteiger partial charge >= 0.3 is 6.09 Å². The van der Waals surface area contributed by atoms with Crippen LogP contribution >= 0.6 is 0 Å². The van der Waals surface area contributed by atoms with Crippen molar-refractivity contribution < 1.29 is 28.5 Å². The van der Waals surface area contributed by atoms with Crippen molar-refractivity contribution in [1.29, 1.82) is 0 Å². The van der Waals surface area contributed by atoms with Gasteiger partial charge in [-0.25, -0.2) is 14.8 Å². The zero-order valence-electron chi connectivity index (χ0n) is 18.4. The molecule has 174 valence electrons. The van der Waals surface area contributed by atoms with Gasteiger partial charge in [0.15, 0.2) is 11.5 Å². The Morgan fingerprint density at radius 2 is 2.09 bits per heavy atom. The second-order valence-electron chi connectivity index (χ2n) is 7.65. The van der Waals surface area contributed by atoms with Crippen LogP contribution in [0.25, 0.3) is 17.1 Å². The summed E-state index contributed by atoms with van der Waals surface area (Å²) in [5.41, 5.74) is 2.71. The highest BCUT2D eigenvalue weighted by molar-refractivity contribution is 5.95. The number of methoxy groups -OCH3 is 1. The monoisotopic (exact) mass is 462 g/mol. The summed E-state index contributed by atoms with van der Waals surface area (Å²) in [7, 11) is 1.52.